The van der Waals surface area contributed by atoms with E-state index in [1.54, 1.807) is 18.3 Å². The zero-order valence-electron chi connectivity index (χ0n) is 11.3. The number of aromatic nitrogens is 1. The number of rotatable bonds is 6. The van der Waals surface area contributed by atoms with Gasteiger partial charge in [0.2, 0.25) is 0 Å². The number of carbonyl (C=O) groups excluding carboxylic acids is 1. The smallest absolute Gasteiger partial charge is 0.308 e. The van der Waals surface area contributed by atoms with Crippen molar-refractivity contribution in [3.63, 3.8) is 0 Å². The van der Waals surface area contributed by atoms with Crippen molar-refractivity contribution in [2.24, 2.45) is 5.92 Å². The minimum atomic E-state index is -0.869. The molecule has 0 aliphatic rings. The van der Waals surface area contributed by atoms with E-state index in [2.05, 4.69) is 10.3 Å². The number of hydrogen-bond acceptors (Lipinski definition) is 2. The van der Waals surface area contributed by atoms with Crippen molar-refractivity contribution in [2.75, 3.05) is 6.54 Å². The van der Waals surface area contributed by atoms with Crippen molar-refractivity contribution in [1.29, 1.82) is 0 Å². The van der Waals surface area contributed by atoms with Crippen LogP contribution in [0.15, 0.2) is 30.5 Å². The first-order valence-electron chi connectivity index (χ1n) is 6.70. The molecule has 1 heterocycles. The monoisotopic (exact) mass is 274 g/mol. The molecule has 5 heteroatoms. The number of amides is 1. The highest BCUT2D eigenvalue weighted by molar-refractivity contribution is 6.06. The largest absolute Gasteiger partial charge is 0.481 e. The molecule has 0 aliphatic carbocycles. The predicted molar refractivity (Wildman–Crippen MR) is 76.7 cm³/mol. The van der Waals surface area contributed by atoms with Crippen LogP contribution in [0.1, 0.15) is 30.1 Å². The Morgan fingerprint density at radius 1 is 1.35 bits per heavy atom. The second-order valence-corrected chi connectivity index (χ2v) is 4.78. The molecule has 1 aromatic carbocycles. The van der Waals surface area contributed by atoms with E-state index in [4.69, 9.17) is 5.11 Å². The fourth-order valence-electron chi connectivity index (χ4n) is 2.26. The van der Waals surface area contributed by atoms with Gasteiger partial charge in [-0.05, 0) is 24.6 Å². The summed E-state index contributed by atoms with van der Waals surface area (Å²) >= 11 is 0. The number of H-pyrrole nitrogens is 1. The summed E-state index contributed by atoms with van der Waals surface area (Å²) in [5, 5.41) is 12.6. The lowest BCUT2D eigenvalue weighted by Crippen LogP contribution is -2.33. The van der Waals surface area contributed by atoms with Gasteiger partial charge in [-0.15, -0.1) is 0 Å². The summed E-state index contributed by atoms with van der Waals surface area (Å²) in [6.45, 7) is 2.08. The van der Waals surface area contributed by atoms with Gasteiger partial charge in [0.25, 0.3) is 5.91 Å². The Kier molecular flexibility index (Phi) is 4.40. The first-order chi connectivity index (χ1) is 9.63. The van der Waals surface area contributed by atoms with E-state index in [1.165, 1.54) is 0 Å². The predicted octanol–water partition coefficient (Wildman–Crippen LogP) is 2.40. The molecular formula is C15H18N2O3. The minimum Gasteiger partial charge on any atom is -0.481 e. The first kappa shape index (κ1) is 14.1. The van der Waals surface area contributed by atoms with Gasteiger partial charge in [0.15, 0.2) is 0 Å². The van der Waals surface area contributed by atoms with Gasteiger partial charge >= 0.3 is 5.97 Å². The molecule has 0 fully saturated rings. The summed E-state index contributed by atoms with van der Waals surface area (Å²) in [5.74, 6) is -1.64. The van der Waals surface area contributed by atoms with Crippen LogP contribution in [0.4, 0.5) is 0 Å². The van der Waals surface area contributed by atoms with E-state index in [0.717, 1.165) is 17.3 Å². The van der Waals surface area contributed by atoms with Gasteiger partial charge < -0.3 is 15.4 Å². The highest BCUT2D eigenvalue weighted by atomic mass is 16.4. The molecule has 0 radical (unpaired) electrons. The second kappa shape index (κ2) is 6.23. The molecule has 5 nitrogen and oxygen atoms in total. The lowest BCUT2D eigenvalue weighted by Gasteiger charge is -2.12. The van der Waals surface area contributed by atoms with Crippen molar-refractivity contribution in [3.05, 3.63) is 36.0 Å². The van der Waals surface area contributed by atoms with Crippen LogP contribution in [0, 0.1) is 5.92 Å². The highest BCUT2D eigenvalue weighted by Gasteiger charge is 2.18. The van der Waals surface area contributed by atoms with E-state index < -0.39 is 11.9 Å². The lowest BCUT2D eigenvalue weighted by molar-refractivity contribution is -0.141. The molecule has 2 rings (SSSR count). The number of aromatic amines is 1. The molecule has 3 N–H and O–H groups in total. The molecule has 1 unspecified atom stereocenters. The van der Waals surface area contributed by atoms with Crippen molar-refractivity contribution in [2.45, 2.75) is 19.8 Å². The number of nitrogens with one attached hydrogen (secondary N) is 2. The van der Waals surface area contributed by atoms with Gasteiger partial charge in [0.05, 0.1) is 5.92 Å². The van der Waals surface area contributed by atoms with Crippen LogP contribution in [0.3, 0.4) is 0 Å². The molecule has 0 saturated heterocycles. The summed E-state index contributed by atoms with van der Waals surface area (Å²) in [4.78, 5) is 26.3. The Morgan fingerprint density at radius 3 is 2.85 bits per heavy atom. The Labute approximate surface area is 117 Å². The molecular weight excluding hydrogens is 256 g/mol. The standard InChI is InChI=1S/C15H18N2O3/c1-2-4-10(15(19)20)9-17-14(18)12-5-3-6-13-11(12)7-8-16-13/h3,5-8,10,16H,2,4,9H2,1H3,(H,17,18)(H,19,20). The lowest BCUT2D eigenvalue weighted by atomic mass is 10.0. The fourth-order valence-corrected chi connectivity index (χ4v) is 2.26. The summed E-state index contributed by atoms with van der Waals surface area (Å²) < 4.78 is 0. The third kappa shape index (κ3) is 2.99. The van der Waals surface area contributed by atoms with E-state index in [9.17, 15) is 9.59 Å². The Hall–Kier alpha value is -2.30. The summed E-state index contributed by atoms with van der Waals surface area (Å²) in [5.41, 5.74) is 1.45. The van der Waals surface area contributed by atoms with E-state index in [1.807, 2.05) is 19.1 Å². The van der Waals surface area contributed by atoms with Crippen LogP contribution in [-0.2, 0) is 4.79 Å². The third-order valence-corrected chi connectivity index (χ3v) is 3.33. The number of fused-ring (bicyclic) bond motifs is 1. The van der Waals surface area contributed by atoms with Crippen LogP contribution >= 0.6 is 0 Å². The summed E-state index contributed by atoms with van der Waals surface area (Å²) in [7, 11) is 0. The van der Waals surface area contributed by atoms with Crippen molar-refractivity contribution < 1.29 is 14.7 Å². The molecule has 0 aliphatic heterocycles. The number of carbonyl (C=O) groups is 2. The average molecular weight is 274 g/mol. The maximum absolute atomic E-state index is 12.2. The highest BCUT2D eigenvalue weighted by Crippen LogP contribution is 2.17. The van der Waals surface area contributed by atoms with Crippen molar-refractivity contribution in [3.8, 4) is 0 Å². The SMILES string of the molecule is CCCC(CNC(=O)c1cccc2[nH]ccc12)C(=O)O. The molecule has 0 saturated carbocycles. The van der Waals surface area contributed by atoms with Gasteiger partial charge in [-0.2, -0.15) is 0 Å². The molecule has 1 amide bonds. The van der Waals surface area contributed by atoms with Gasteiger partial charge in [0, 0.05) is 29.2 Å². The average Bonchev–Trinajstić information content (AvgIpc) is 2.90. The normalized spacial score (nSPS) is 12.2. The Balaban J connectivity index is 2.08. The molecule has 0 bridgehead atoms. The van der Waals surface area contributed by atoms with Crippen LogP contribution < -0.4 is 5.32 Å². The Bertz CT molecular complexity index is 618. The molecule has 0 spiro atoms. The zero-order valence-corrected chi connectivity index (χ0v) is 11.3. The van der Waals surface area contributed by atoms with Crippen LogP contribution in [-0.4, -0.2) is 28.5 Å². The fraction of sp³-hybridized carbons (Fsp3) is 0.333. The van der Waals surface area contributed by atoms with Crippen LogP contribution in [0.5, 0.6) is 0 Å². The molecule has 20 heavy (non-hydrogen) atoms. The Morgan fingerprint density at radius 2 is 2.15 bits per heavy atom. The van der Waals surface area contributed by atoms with Gasteiger partial charge in [-0.25, -0.2) is 0 Å². The molecule has 1 atom stereocenters. The summed E-state index contributed by atoms with van der Waals surface area (Å²) in [6.07, 6.45) is 3.11. The van der Waals surface area contributed by atoms with Crippen LogP contribution in [0.2, 0.25) is 0 Å². The van der Waals surface area contributed by atoms with E-state index >= 15 is 0 Å². The van der Waals surface area contributed by atoms with Gasteiger partial charge in [-0.1, -0.05) is 19.4 Å². The zero-order chi connectivity index (χ0) is 14.5. The maximum atomic E-state index is 12.2. The topological polar surface area (TPSA) is 82.2 Å². The summed E-state index contributed by atoms with van der Waals surface area (Å²) in [6, 6.07) is 7.27. The molecule has 2 aromatic rings. The third-order valence-electron chi connectivity index (χ3n) is 3.33. The first-order valence-corrected chi connectivity index (χ1v) is 6.70. The number of carboxylic acids is 1. The van der Waals surface area contributed by atoms with Gasteiger partial charge in [-0.3, -0.25) is 9.59 Å². The number of hydrogen-bond donors (Lipinski definition) is 3. The minimum absolute atomic E-state index is 0.156. The number of carboxylic acid groups (broad SMARTS) is 1. The number of aliphatic carboxylic acids is 1. The van der Waals surface area contributed by atoms with Gasteiger partial charge in [0.1, 0.15) is 0 Å². The van der Waals surface area contributed by atoms with E-state index in [-0.39, 0.29) is 12.5 Å². The number of benzene rings is 1. The van der Waals surface area contributed by atoms with E-state index in [0.29, 0.717) is 12.0 Å². The molecule has 106 valence electrons. The maximum Gasteiger partial charge on any atom is 0.308 e. The molecule has 1 aromatic heterocycles. The second-order valence-electron chi connectivity index (χ2n) is 4.78. The van der Waals surface area contributed by atoms with Crippen molar-refractivity contribution in [1.82, 2.24) is 10.3 Å². The van der Waals surface area contributed by atoms with Crippen LogP contribution in [0.25, 0.3) is 10.9 Å². The quantitative estimate of drug-likeness (QED) is 0.756. The van der Waals surface area contributed by atoms with Crippen molar-refractivity contribution >= 4 is 22.8 Å².